The monoisotopic (exact) mass is 612 g/mol. The van der Waals surface area contributed by atoms with Crippen molar-refractivity contribution in [2.45, 2.75) is 33.2 Å². The maximum atomic E-state index is 14.9. The highest BCUT2D eigenvalue weighted by Gasteiger charge is 2.80. The summed E-state index contributed by atoms with van der Waals surface area (Å²) in [5.41, 5.74) is 1.60. The number of aromatic nitrogens is 4. The second kappa shape index (κ2) is 10.4. The Morgan fingerprint density at radius 3 is 2.32 bits per heavy atom. The topological polar surface area (TPSA) is 136 Å². The summed E-state index contributed by atoms with van der Waals surface area (Å²) in [5, 5.41) is 13.8. The number of tetrazole rings is 1. The number of halogens is 1. The van der Waals surface area contributed by atoms with Gasteiger partial charge in [0.15, 0.2) is 0 Å². The average molecular weight is 613 g/mol. The van der Waals surface area contributed by atoms with Gasteiger partial charge in [-0.1, -0.05) is 72.4 Å². The number of methoxy groups -OCH3 is 1. The Labute approximate surface area is 247 Å². The van der Waals surface area contributed by atoms with Gasteiger partial charge in [0.2, 0.25) is 11.1 Å². The van der Waals surface area contributed by atoms with Gasteiger partial charge in [0.05, 0.1) is 22.7 Å². The molecule has 3 aromatic rings. The van der Waals surface area contributed by atoms with Crippen LogP contribution in [0.4, 0.5) is 0 Å². The highest BCUT2D eigenvalue weighted by atomic mass is 35.5. The zero-order valence-corrected chi connectivity index (χ0v) is 24.4. The quantitative estimate of drug-likeness (QED) is 0.174. The van der Waals surface area contributed by atoms with Crippen LogP contribution in [0.3, 0.4) is 0 Å². The number of hydrogen-bond donors (Lipinski definition) is 1. The predicted molar refractivity (Wildman–Crippen MR) is 151 cm³/mol. The molecule has 1 saturated carbocycles. The lowest BCUT2D eigenvalue weighted by Gasteiger charge is -2.52. The number of carbonyl (C=O) groups excluding carboxylic acids is 3. The number of fused-ring (bicyclic) bond motifs is 1. The molecule has 2 amide bonds. The summed E-state index contributed by atoms with van der Waals surface area (Å²) in [6.45, 7) is 0. The van der Waals surface area contributed by atoms with Gasteiger partial charge in [0, 0.05) is 18.2 Å². The number of carbonyl (C=O) groups is 3. The van der Waals surface area contributed by atoms with Crippen LogP contribution in [-0.2, 0) is 42.4 Å². The minimum absolute atomic E-state index is 0.0369. The highest BCUT2D eigenvalue weighted by Crippen LogP contribution is 2.71. The first-order valence-electron chi connectivity index (χ1n) is 12.7. The van der Waals surface area contributed by atoms with E-state index in [1.807, 2.05) is 60.7 Å². The van der Waals surface area contributed by atoms with Gasteiger partial charge in [0.1, 0.15) is 23.0 Å². The number of nitrogens with one attached hydrogen (secondary N) is 1. The van der Waals surface area contributed by atoms with Crippen LogP contribution in [0.15, 0.2) is 77.1 Å². The Morgan fingerprint density at radius 1 is 1.15 bits per heavy atom. The number of nitrogens with zero attached hydrogens (tertiary/aromatic N) is 5. The van der Waals surface area contributed by atoms with Crippen LogP contribution >= 0.6 is 23.4 Å². The van der Waals surface area contributed by atoms with Gasteiger partial charge in [-0.2, -0.15) is 0 Å². The van der Waals surface area contributed by atoms with Gasteiger partial charge in [0.25, 0.3) is 5.91 Å². The molecule has 14 heteroatoms. The number of rotatable bonds is 8. The molecule has 4 atom stereocenters. The van der Waals surface area contributed by atoms with Gasteiger partial charge in [-0.05, 0) is 33.5 Å². The molecule has 2 aromatic carbocycles. The van der Waals surface area contributed by atoms with E-state index in [1.165, 1.54) is 28.5 Å². The third kappa shape index (κ3) is 3.97. The van der Waals surface area contributed by atoms with E-state index in [2.05, 4.69) is 20.8 Å². The number of β-lactam (4-membered cyclic amide) rings is 1. The molecule has 1 saturated heterocycles. The fourth-order valence-electron chi connectivity index (χ4n) is 6.13. The summed E-state index contributed by atoms with van der Waals surface area (Å²) in [4.78, 5) is 40.4. The SMILES string of the molecule is COC(=O)C1=C(CSc2nnnn2C)C2(CC2(c2ccccc2)c2ccccc2)S(=O)[C@@H]2[C@H](NC(=O)CCl)C(=O)N12. The number of hydrogen-bond acceptors (Lipinski definition) is 9. The molecule has 2 aliphatic heterocycles. The molecule has 1 aromatic heterocycles. The molecule has 2 fully saturated rings. The van der Waals surface area contributed by atoms with Crippen molar-refractivity contribution in [2.24, 2.45) is 7.05 Å². The van der Waals surface area contributed by atoms with Crippen molar-refractivity contribution in [3.8, 4) is 0 Å². The largest absolute Gasteiger partial charge is 0.464 e. The van der Waals surface area contributed by atoms with Crippen LogP contribution in [0, 0.1) is 0 Å². The first kappa shape index (κ1) is 27.6. The average Bonchev–Trinajstić information content (AvgIpc) is 3.55. The molecule has 1 spiro atoms. The van der Waals surface area contributed by atoms with Crippen LogP contribution in [0.5, 0.6) is 0 Å². The van der Waals surface area contributed by atoms with E-state index in [-0.39, 0.29) is 17.3 Å². The summed E-state index contributed by atoms with van der Waals surface area (Å²) in [5.74, 6) is -2.04. The van der Waals surface area contributed by atoms with Crippen molar-refractivity contribution in [1.29, 1.82) is 0 Å². The van der Waals surface area contributed by atoms with E-state index in [1.54, 1.807) is 7.05 Å². The minimum atomic E-state index is -1.78. The lowest BCUT2D eigenvalue weighted by Crippen LogP contribution is -2.75. The van der Waals surface area contributed by atoms with E-state index in [4.69, 9.17) is 16.3 Å². The van der Waals surface area contributed by atoms with E-state index in [9.17, 15) is 18.6 Å². The molecule has 2 unspecified atom stereocenters. The number of alkyl halides is 1. The molecule has 3 aliphatic rings. The summed E-state index contributed by atoms with van der Waals surface area (Å²) in [6.07, 6.45) is 0.406. The molecular weight excluding hydrogens is 588 g/mol. The number of amides is 2. The zero-order valence-electron chi connectivity index (χ0n) is 22.0. The third-order valence-corrected chi connectivity index (χ3v) is 11.6. The smallest absolute Gasteiger partial charge is 0.354 e. The van der Waals surface area contributed by atoms with Crippen molar-refractivity contribution in [3.63, 3.8) is 0 Å². The van der Waals surface area contributed by atoms with E-state index >= 15 is 0 Å². The number of benzene rings is 2. The number of ether oxygens (including phenoxy) is 1. The standard InChI is InChI=1S/C27H25ClN6O5S2/c1-33-25(30-31-32-33)40-14-18-21(24(37)39-2)34-22(36)20(29-19(35)13-28)23(34)41(38)27(18)15-26(27,16-9-5-3-6-10-16)17-11-7-4-8-12-17/h3-12,20,23H,13-15H2,1-2H3,(H,29,35)/t20-,23-,27?,41?/m1/s1. The van der Waals surface area contributed by atoms with E-state index in [0.717, 1.165) is 11.1 Å². The molecule has 212 valence electrons. The third-order valence-electron chi connectivity index (χ3n) is 7.98. The summed E-state index contributed by atoms with van der Waals surface area (Å²) in [6, 6.07) is 18.4. The molecule has 41 heavy (non-hydrogen) atoms. The van der Waals surface area contributed by atoms with Crippen molar-refractivity contribution >= 4 is 51.9 Å². The Balaban J connectivity index is 1.59. The molecule has 1 N–H and O–H groups in total. The van der Waals surface area contributed by atoms with Gasteiger partial charge < -0.3 is 10.1 Å². The molecule has 3 heterocycles. The summed E-state index contributed by atoms with van der Waals surface area (Å²) in [7, 11) is 1.16. The predicted octanol–water partition coefficient (Wildman–Crippen LogP) is 1.51. The number of aryl methyl sites for hydroxylation is 1. The van der Waals surface area contributed by atoms with Crippen LogP contribution in [0.25, 0.3) is 0 Å². The van der Waals surface area contributed by atoms with Gasteiger partial charge in [-0.25, -0.2) is 9.48 Å². The normalized spacial score (nSPS) is 25.9. The Bertz CT molecular complexity index is 1560. The molecular formula is C27H25ClN6O5S2. The molecule has 6 rings (SSSR count). The number of thioether (sulfide) groups is 1. The van der Waals surface area contributed by atoms with Crippen LogP contribution in [-0.4, -0.2) is 82.0 Å². The highest BCUT2D eigenvalue weighted by molar-refractivity contribution is 7.99. The van der Waals surface area contributed by atoms with Crippen molar-refractivity contribution in [3.05, 3.63) is 83.1 Å². The molecule has 11 nitrogen and oxygen atoms in total. The molecule has 0 bridgehead atoms. The van der Waals surface area contributed by atoms with E-state index in [0.29, 0.717) is 17.2 Å². The lowest BCUT2D eigenvalue weighted by molar-refractivity contribution is -0.152. The van der Waals surface area contributed by atoms with Crippen LogP contribution < -0.4 is 5.32 Å². The first-order chi connectivity index (χ1) is 19.8. The first-order valence-corrected chi connectivity index (χ1v) is 15.4. The maximum Gasteiger partial charge on any atom is 0.354 e. The number of esters is 1. The van der Waals surface area contributed by atoms with Crippen molar-refractivity contribution < 1.29 is 23.3 Å². The Morgan fingerprint density at radius 2 is 1.78 bits per heavy atom. The lowest BCUT2D eigenvalue weighted by atomic mass is 9.83. The Hall–Kier alpha value is -3.55. The van der Waals surface area contributed by atoms with Crippen LogP contribution in [0.2, 0.25) is 0 Å². The fraction of sp³-hybridized carbons (Fsp3) is 0.333. The van der Waals surface area contributed by atoms with Gasteiger partial charge in [-0.3, -0.25) is 18.7 Å². The fourth-order valence-corrected chi connectivity index (χ4v) is 9.87. The Kier molecular flexibility index (Phi) is 6.99. The molecule has 0 radical (unpaired) electrons. The second-order valence-electron chi connectivity index (χ2n) is 9.91. The molecule has 1 aliphatic carbocycles. The van der Waals surface area contributed by atoms with Crippen molar-refractivity contribution in [1.82, 2.24) is 30.4 Å². The van der Waals surface area contributed by atoms with E-state index < -0.39 is 50.2 Å². The van der Waals surface area contributed by atoms with Gasteiger partial charge in [-0.15, -0.1) is 16.7 Å². The summed E-state index contributed by atoms with van der Waals surface area (Å²) >= 11 is 6.99. The van der Waals surface area contributed by atoms with Crippen molar-refractivity contribution in [2.75, 3.05) is 18.7 Å². The van der Waals surface area contributed by atoms with Crippen LogP contribution in [0.1, 0.15) is 17.5 Å². The van der Waals surface area contributed by atoms with Gasteiger partial charge >= 0.3 is 5.97 Å². The zero-order chi connectivity index (χ0) is 28.9. The second-order valence-corrected chi connectivity index (χ2v) is 12.9. The minimum Gasteiger partial charge on any atom is -0.464 e. The summed E-state index contributed by atoms with van der Waals surface area (Å²) < 4.78 is 20.5. The maximum absolute atomic E-state index is 14.9.